The highest BCUT2D eigenvalue weighted by Gasteiger charge is 2.39. The topological polar surface area (TPSA) is 150 Å². The highest BCUT2D eigenvalue weighted by molar-refractivity contribution is 6.01. The molecule has 0 saturated carbocycles. The number of nitrogens with one attached hydrogen (secondary N) is 1. The van der Waals surface area contributed by atoms with Crippen molar-refractivity contribution in [3.8, 4) is 0 Å². The molecule has 1 aromatic carbocycles. The Morgan fingerprint density at radius 1 is 1.21 bits per heavy atom. The van der Waals surface area contributed by atoms with E-state index in [0.717, 1.165) is 18.2 Å². The molecule has 1 heterocycles. The smallest absolute Gasteiger partial charge is 0.323 e. The number of Topliss-reactive ketones (excluding diaryl/α,β-unsaturated/α-hetero) is 1. The summed E-state index contributed by atoms with van der Waals surface area (Å²) >= 11 is 0. The molecule has 5 N–H and O–H groups in total. The zero-order valence-corrected chi connectivity index (χ0v) is 13.2. The number of hydrogen-bond acceptors (Lipinski definition) is 6. The lowest BCUT2D eigenvalue weighted by Gasteiger charge is -2.23. The van der Waals surface area contributed by atoms with Crippen molar-refractivity contribution in [3.63, 3.8) is 0 Å². The number of carbonyl (C=O) groups is 4. The van der Waals surface area contributed by atoms with E-state index in [1.54, 1.807) is 0 Å². The zero-order valence-electron chi connectivity index (χ0n) is 13.2. The predicted octanol–water partition coefficient (Wildman–Crippen LogP) is -0.284. The number of carboxylic acids is 2. The van der Waals surface area contributed by atoms with Crippen LogP contribution in [0.15, 0.2) is 24.3 Å². The minimum atomic E-state index is -1.65. The SMILES string of the molecule is CC(=O)C(C(=O)O)[C@@H](C(=O)O)N(C)N.O=C1Cc2ccccc2N1. The van der Waals surface area contributed by atoms with E-state index in [9.17, 15) is 19.2 Å². The Morgan fingerprint density at radius 2 is 1.79 bits per heavy atom. The number of nitrogens with two attached hydrogens (primary N) is 1. The minimum Gasteiger partial charge on any atom is -0.481 e. The molecular weight excluding hydrogens is 318 g/mol. The van der Waals surface area contributed by atoms with Gasteiger partial charge in [0.15, 0.2) is 0 Å². The molecule has 9 heteroatoms. The first kappa shape index (κ1) is 19.3. The van der Waals surface area contributed by atoms with Crippen LogP contribution in [0.5, 0.6) is 0 Å². The van der Waals surface area contributed by atoms with Crippen LogP contribution in [-0.4, -0.2) is 51.9 Å². The van der Waals surface area contributed by atoms with Gasteiger partial charge in [-0.3, -0.25) is 25.0 Å². The van der Waals surface area contributed by atoms with Crippen LogP contribution in [0.2, 0.25) is 0 Å². The Hall–Kier alpha value is -2.78. The van der Waals surface area contributed by atoms with Gasteiger partial charge >= 0.3 is 11.9 Å². The summed E-state index contributed by atoms with van der Waals surface area (Å²) in [5.74, 6) is -0.0937. The van der Waals surface area contributed by atoms with Crippen molar-refractivity contribution in [2.75, 3.05) is 12.4 Å². The average Bonchev–Trinajstić information content (AvgIpc) is 2.83. The molecule has 9 nitrogen and oxygen atoms in total. The molecule has 2 rings (SSSR count). The highest BCUT2D eigenvalue weighted by atomic mass is 16.4. The molecule has 1 amide bonds. The maximum atomic E-state index is 10.9. The molecule has 1 aliphatic heterocycles. The van der Waals surface area contributed by atoms with E-state index < -0.39 is 29.7 Å². The fourth-order valence-corrected chi connectivity index (χ4v) is 2.25. The molecule has 0 spiro atoms. The summed E-state index contributed by atoms with van der Waals surface area (Å²) in [6.07, 6.45) is 0.538. The summed E-state index contributed by atoms with van der Waals surface area (Å²) in [7, 11) is 1.19. The van der Waals surface area contributed by atoms with E-state index in [2.05, 4.69) is 5.32 Å². The largest absolute Gasteiger partial charge is 0.481 e. The van der Waals surface area contributed by atoms with Crippen molar-refractivity contribution in [2.45, 2.75) is 19.4 Å². The van der Waals surface area contributed by atoms with Gasteiger partial charge in [0, 0.05) is 12.7 Å². The molecule has 0 bridgehead atoms. The molecule has 0 fully saturated rings. The summed E-state index contributed by atoms with van der Waals surface area (Å²) in [5, 5.41) is 20.8. The van der Waals surface area contributed by atoms with E-state index in [1.807, 2.05) is 24.3 Å². The van der Waals surface area contributed by atoms with Crippen molar-refractivity contribution in [1.82, 2.24) is 5.01 Å². The summed E-state index contributed by atoms with van der Waals surface area (Å²) in [5.41, 5.74) is 2.07. The second kappa shape index (κ2) is 8.18. The van der Waals surface area contributed by atoms with E-state index >= 15 is 0 Å². The average molecular weight is 337 g/mol. The maximum Gasteiger partial charge on any atom is 0.323 e. The van der Waals surface area contributed by atoms with Crippen LogP contribution >= 0.6 is 0 Å². The molecule has 0 radical (unpaired) electrons. The van der Waals surface area contributed by atoms with Crippen LogP contribution in [0.3, 0.4) is 0 Å². The second-order valence-corrected chi connectivity index (χ2v) is 5.26. The van der Waals surface area contributed by atoms with Crippen LogP contribution < -0.4 is 11.2 Å². The fraction of sp³-hybridized carbons (Fsp3) is 0.333. The lowest BCUT2D eigenvalue weighted by Crippen LogP contribution is -2.52. The van der Waals surface area contributed by atoms with Crippen molar-refractivity contribution >= 4 is 29.3 Å². The van der Waals surface area contributed by atoms with Gasteiger partial charge in [-0.15, -0.1) is 0 Å². The molecule has 24 heavy (non-hydrogen) atoms. The number of hydrazine groups is 1. The first-order valence-electron chi connectivity index (χ1n) is 6.96. The van der Waals surface area contributed by atoms with Crippen LogP contribution in [0.25, 0.3) is 0 Å². The number of carbonyl (C=O) groups excluding carboxylic acids is 2. The normalized spacial score (nSPS) is 14.8. The number of likely N-dealkylation sites (N-methyl/N-ethyl adjacent to an activating group) is 1. The summed E-state index contributed by atoms with van der Waals surface area (Å²) in [6, 6.07) is 6.20. The Bertz CT molecular complexity index is 617. The van der Waals surface area contributed by atoms with Gasteiger partial charge in [0.05, 0.1) is 6.42 Å². The number of carboxylic acid groups (broad SMARTS) is 2. The molecule has 1 aromatic rings. The predicted molar refractivity (Wildman–Crippen MR) is 84.0 cm³/mol. The van der Waals surface area contributed by atoms with Gasteiger partial charge in [-0.25, -0.2) is 5.01 Å². The molecule has 1 unspecified atom stereocenters. The van der Waals surface area contributed by atoms with Crippen LogP contribution in [0.4, 0.5) is 5.69 Å². The molecular formula is C15H19N3O6. The first-order chi connectivity index (χ1) is 11.1. The number of nitrogens with zero attached hydrogens (tertiary/aromatic N) is 1. The monoisotopic (exact) mass is 337 g/mol. The Balaban J connectivity index is 0.000000250. The molecule has 1 aliphatic rings. The number of benzene rings is 1. The van der Waals surface area contributed by atoms with Crippen LogP contribution in [0.1, 0.15) is 12.5 Å². The van der Waals surface area contributed by atoms with Gasteiger partial charge in [0.2, 0.25) is 5.91 Å². The van der Waals surface area contributed by atoms with Crippen molar-refractivity contribution in [3.05, 3.63) is 29.8 Å². The van der Waals surface area contributed by atoms with Crippen molar-refractivity contribution < 1.29 is 29.4 Å². The first-order valence-corrected chi connectivity index (χ1v) is 6.96. The van der Waals surface area contributed by atoms with Gasteiger partial charge in [0.25, 0.3) is 0 Å². The zero-order chi connectivity index (χ0) is 18.4. The van der Waals surface area contributed by atoms with Crippen molar-refractivity contribution in [1.29, 1.82) is 0 Å². The molecule has 0 aromatic heterocycles. The lowest BCUT2D eigenvalue weighted by atomic mass is 9.96. The number of rotatable bonds is 5. The number of fused-ring (bicyclic) bond motifs is 1. The molecule has 2 atom stereocenters. The van der Waals surface area contributed by atoms with E-state index in [1.165, 1.54) is 7.05 Å². The number of anilines is 1. The third-order valence-electron chi connectivity index (χ3n) is 3.35. The Morgan fingerprint density at radius 3 is 2.17 bits per heavy atom. The van der Waals surface area contributed by atoms with Crippen LogP contribution in [-0.2, 0) is 25.6 Å². The molecule has 130 valence electrons. The molecule has 0 aliphatic carbocycles. The third kappa shape index (κ3) is 4.86. The quantitative estimate of drug-likeness (QED) is 0.325. The highest BCUT2D eigenvalue weighted by Crippen LogP contribution is 2.21. The Labute approximate surface area is 138 Å². The number of hydrogen-bond donors (Lipinski definition) is 4. The van der Waals surface area contributed by atoms with Gasteiger partial charge in [-0.2, -0.15) is 0 Å². The molecule has 0 saturated heterocycles. The van der Waals surface area contributed by atoms with Gasteiger partial charge in [-0.05, 0) is 18.6 Å². The number of para-hydroxylation sites is 1. The van der Waals surface area contributed by atoms with Crippen LogP contribution in [0, 0.1) is 5.92 Å². The second-order valence-electron chi connectivity index (χ2n) is 5.26. The number of ketones is 1. The number of aliphatic carboxylic acids is 2. The fourth-order valence-electron chi connectivity index (χ4n) is 2.25. The third-order valence-corrected chi connectivity index (χ3v) is 3.35. The van der Waals surface area contributed by atoms with E-state index in [-0.39, 0.29) is 5.91 Å². The Kier molecular flexibility index (Phi) is 6.57. The number of amides is 1. The van der Waals surface area contributed by atoms with Gasteiger partial charge in [-0.1, -0.05) is 18.2 Å². The van der Waals surface area contributed by atoms with Gasteiger partial charge in [0.1, 0.15) is 17.7 Å². The van der Waals surface area contributed by atoms with E-state index in [0.29, 0.717) is 11.4 Å². The lowest BCUT2D eigenvalue weighted by molar-refractivity contribution is -0.158. The van der Waals surface area contributed by atoms with Gasteiger partial charge < -0.3 is 15.5 Å². The van der Waals surface area contributed by atoms with Crippen molar-refractivity contribution in [2.24, 2.45) is 11.8 Å². The van der Waals surface area contributed by atoms with E-state index in [4.69, 9.17) is 16.1 Å². The summed E-state index contributed by atoms with van der Waals surface area (Å²) in [6.45, 7) is 1.01. The maximum absolute atomic E-state index is 10.9. The summed E-state index contributed by atoms with van der Waals surface area (Å²) < 4.78 is 0. The standard InChI is InChI=1S/C8H7NO.C7H12N2O5/c10-8-5-6-3-1-2-4-7(6)9-8;1-3(10)4(6(11)12)5(7(13)14)9(2)8/h1-4H,5H2,(H,9,10);4-5H,8H2,1-2H3,(H,11,12)(H,13,14)/t;4?,5-/m.0/s1. The summed E-state index contributed by atoms with van der Waals surface area (Å²) in [4.78, 5) is 43.0. The minimum absolute atomic E-state index is 0.0983.